The van der Waals surface area contributed by atoms with E-state index in [1.807, 2.05) is 12.3 Å². The molecule has 3 atom stereocenters. The van der Waals surface area contributed by atoms with Crippen LogP contribution in [0, 0.1) is 0 Å². The van der Waals surface area contributed by atoms with Crippen molar-refractivity contribution in [3.8, 4) is 0 Å². The van der Waals surface area contributed by atoms with Crippen LogP contribution in [0.15, 0.2) is 30.3 Å². The van der Waals surface area contributed by atoms with Gasteiger partial charge in [-0.05, 0) is 13.2 Å². The van der Waals surface area contributed by atoms with Gasteiger partial charge in [0.25, 0.3) is 0 Å². The molecule has 1 aliphatic heterocycles. The Morgan fingerprint density at radius 1 is 1.29 bits per heavy atom. The molecule has 1 aromatic carbocycles. The highest BCUT2D eigenvalue weighted by Crippen LogP contribution is 2.33. The highest BCUT2D eigenvalue weighted by molar-refractivity contribution is 8.15. The lowest BCUT2D eigenvalue weighted by atomic mass is 10.2. The van der Waals surface area contributed by atoms with E-state index in [4.69, 9.17) is 0 Å². The Balaban J connectivity index is 2.24. The number of hydrogen-bond donors (Lipinski definition) is 1. The van der Waals surface area contributed by atoms with E-state index in [0.29, 0.717) is 30.7 Å². The molecule has 1 N–H and O–H groups in total. The summed E-state index contributed by atoms with van der Waals surface area (Å²) in [4.78, 5) is 37.4. The number of hydrogen-bond acceptors (Lipinski definition) is 5. The number of quaternary nitrogens is 1. The monoisotopic (exact) mass is 368 g/mol. The zero-order chi connectivity index (χ0) is 17.7. The van der Waals surface area contributed by atoms with Gasteiger partial charge in [0, 0.05) is 24.2 Å². The quantitative estimate of drug-likeness (QED) is 0.802. The van der Waals surface area contributed by atoms with Crippen molar-refractivity contribution >= 4 is 40.6 Å². The summed E-state index contributed by atoms with van der Waals surface area (Å²) in [5, 5.41) is 8.86. The Bertz CT molecular complexity index is 622. The zero-order valence-corrected chi connectivity index (χ0v) is 15.4. The molecule has 1 fully saturated rings. The Kier molecular flexibility index (Phi) is 6.48. The van der Waals surface area contributed by atoms with Gasteiger partial charge in [0.05, 0.1) is 6.54 Å². The summed E-state index contributed by atoms with van der Waals surface area (Å²) in [6.45, 7) is 2.11. The smallest absolute Gasteiger partial charge is 0.435 e. The molecule has 0 aliphatic carbocycles. The minimum absolute atomic E-state index is 0.196. The molecule has 0 bridgehead atoms. The average molecular weight is 369 g/mol. The van der Waals surface area contributed by atoms with Gasteiger partial charge < -0.3 is 5.11 Å². The molecule has 0 radical (unpaired) electrons. The third kappa shape index (κ3) is 3.68. The van der Waals surface area contributed by atoms with Crippen LogP contribution in [-0.2, 0) is 4.79 Å². The first kappa shape index (κ1) is 19.0. The van der Waals surface area contributed by atoms with E-state index >= 15 is 0 Å². The molecule has 1 heterocycles. The molecule has 1 aliphatic rings. The van der Waals surface area contributed by atoms with Crippen LogP contribution in [0.3, 0.4) is 0 Å². The lowest BCUT2D eigenvalue weighted by Crippen LogP contribution is -2.61. The predicted molar refractivity (Wildman–Crippen MR) is 97.4 cm³/mol. The lowest BCUT2D eigenvalue weighted by Gasteiger charge is -2.32. The number of imide groups is 1. The molecule has 130 valence electrons. The van der Waals surface area contributed by atoms with Crippen molar-refractivity contribution in [3.05, 3.63) is 35.9 Å². The van der Waals surface area contributed by atoms with Crippen LogP contribution in [0.1, 0.15) is 30.1 Å². The fourth-order valence-electron chi connectivity index (χ4n) is 3.12. The Labute approximate surface area is 150 Å². The number of rotatable bonds is 5. The van der Waals surface area contributed by atoms with Crippen LogP contribution in [-0.4, -0.2) is 56.6 Å². The standard InChI is InChI=1S/C17H21NO4S2/c1-12-7-6-10-18(12,17(21)22)15(19)14(11-23-2)24-16(20)13-8-4-3-5-9-13/h3-5,8-9,12,14H,6-7,10-11H2,1-2H3/p+1/t12-,14?,18?/m1/s1. The topological polar surface area (TPSA) is 71.4 Å². The van der Waals surface area contributed by atoms with Crippen LogP contribution >= 0.6 is 23.5 Å². The first-order valence-corrected chi connectivity index (χ1v) is 10.1. The van der Waals surface area contributed by atoms with Crippen molar-refractivity contribution in [1.82, 2.24) is 0 Å². The highest BCUT2D eigenvalue weighted by Gasteiger charge is 2.55. The van der Waals surface area contributed by atoms with E-state index in [0.717, 1.165) is 11.8 Å². The predicted octanol–water partition coefficient (Wildman–Crippen LogP) is 3.50. The Hall–Kier alpha value is -1.31. The summed E-state index contributed by atoms with van der Waals surface area (Å²) in [5.41, 5.74) is 0.526. The largest absolute Gasteiger partial charge is 0.521 e. The zero-order valence-electron chi connectivity index (χ0n) is 13.8. The van der Waals surface area contributed by atoms with E-state index in [1.165, 1.54) is 11.8 Å². The molecular weight excluding hydrogens is 346 g/mol. The fourth-order valence-corrected chi connectivity index (χ4v) is 5.06. The second-order valence-electron chi connectivity index (χ2n) is 5.92. The van der Waals surface area contributed by atoms with Gasteiger partial charge in [-0.15, -0.1) is 0 Å². The third-order valence-corrected chi connectivity index (χ3v) is 6.45. The van der Waals surface area contributed by atoms with Gasteiger partial charge in [-0.25, -0.2) is 4.79 Å². The number of carboxylic acid groups (broad SMARTS) is 1. The second-order valence-corrected chi connectivity index (χ2v) is 8.01. The van der Waals surface area contributed by atoms with Crippen LogP contribution in [0.2, 0.25) is 0 Å². The third-order valence-electron chi connectivity index (χ3n) is 4.47. The van der Waals surface area contributed by atoms with Crippen molar-refractivity contribution < 1.29 is 24.0 Å². The molecule has 2 amide bonds. The van der Waals surface area contributed by atoms with E-state index in [2.05, 4.69) is 0 Å². The number of thioether (sulfide) groups is 2. The normalized spacial score (nSPS) is 24.5. The lowest BCUT2D eigenvalue weighted by molar-refractivity contribution is -0.792. The molecule has 7 heteroatoms. The first-order valence-electron chi connectivity index (χ1n) is 7.84. The summed E-state index contributed by atoms with van der Waals surface area (Å²) in [6.07, 6.45) is 2.17. The number of benzene rings is 1. The van der Waals surface area contributed by atoms with E-state index in [-0.39, 0.29) is 17.1 Å². The van der Waals surface area contributed by atoms with Crippen molar-refractivity contribution in [3.63, 3.8) is 0 Å². The minimum Gasteiger partial charge on any atom is -0.435 e. The van der Waals surface area contributed by atoms with Crippen molar-refractivity contribution in [2.75, 3.05) is 18.6 Å². The Morgan fingerprint density at radius 3 is 2.46 bits per heavy atom. The van der Waals surface area contributed by atoms with Gasteiger partial charge in [-0.2, -0.15) is 21.0 Å². The molecule has 1 saturated heterocycles. The second kappa shape index (κ2) is 8.18. The number of nitrogens with zero attached hydrogens (tertiary/aromatic N) is 1. The van der Waals surface area contributed by atoms with Crippen molar-refractivity contribution in [1.29, 1.82) is 0 Å². The number of carbonyl (C=O) groups is 3. The van der Waals surface area contributed by atoms with Gasteiger partial charge >= 0.3 is 12.0 Å². The summed E-state index contributed by atoms with van der Waals surface area (Å²) in [7, 11) is 0. The number of carbonyl (C=O) groups excluding carboxylic acids is 2. The molecule has 0 aromatic heterocycles. The van der Waals surface area contributed by atoms with E-state index < -0.39 is 15.8 Å². The average Bonchev–Trinajstić information content (AvgIpc) is 2.97. The number of amides is 2. The first-order chi connectivity index (χ1) is 11.4. The molecule has 2 rings (SSSR count). The van der Waals surface area contributed by atoms with Crippen molar-refractivity contribution in [2.24, 2.45) is 0 Å². The molecule has 2 unspecified atom stereocenters. The molecule has 24 heavy (non-hydrogen) atoms. The SMILES string of the molecule is CSCC(SC(=O)c1ccccc1)C(=O)[N+]1(C(=O)O)CCC[C@H]1C. The van der Waals surface area contributed by atoms with Crippen LogP contribution in [0.25, 0.3) is 0 Å². The summed E-state index contributed by atoms with van der Waals surface area (Å²) >= 11 is 2.40. The van der Waals surface area contributed by atoms with Gasteiger partial charge in [0.1, 0.15) is 11.3 Å². The summed E-state index contributed by atoms with van der Waals surface area (Å²) < 4.78 is -0.555. The molecule has 1 aromatic rings. The Morgan fingerprint density at radius 2 is 1.96 bits per heavy atom. The highest BCUT2D eigenvalue weighted by atomic mass is 32.2. The molecule has 0 spiro atoms. The van der Waals surface area contributed by atoms with Gasteiger partial charge in [0.15, 0.2) is 0 Å². The van der Waals surface area contributed by atoms with Gasteiger partial charge in [-0.1, -0.05) is 42.1 Å². The van der Waals surface area contributed by atoms with Crippen LogP contribution < -0.4 is 0 Å². The van der Waals surface area contributed by atoms with Crippen LogP contribution in [0.4, 0.5) is 4.79 Å². The molecule has 0 saturated carbocycles. The molecule has 5 nitrogen and oxygen atoms in total. The van der Waals surface area contributed by atoms with Gasteiger partial charge in [-0.3, -0.25) is 4.79 Å². The minimum atomic E-state index is -1.11. The van der Waals surface area contributed by atoms with E-state index in [1.54, 1.807) is 31.2 Å². The summed E-state index contributed by atoms with van der Waals surface area (Å²) in [5.74, 6) is 0.0540. The maximum absolute atomic E-state index is 13.1. The summed E-state index contributed by atoms with van der Waals surface area (Å²) in [6, 6.07) is 8.51. The van der Waals surface area contributed by atoms with Gasteiger partial charge in [0.2, 0.25) is 5.12 Å². The maximum atomic E-state index is 13.1. The fraction of sp³-hybridized carbons (Fsp3) is 0.471. The van der Waals surface area contributed by atoms with Crippen molar-refractivity contribution in [2.45, 2.75) is 31.1 Å². The maximum Gasteiger partial charge on any atom is 0.521 e. The number of likely N-dealkylation sites (tertiary alicyclic amines) is 1. The molecular formula is C17H22NO4S2+. The van der Waals surface area contributed by atoms with E-state index in [9.17, 15) is 19.5 Å². The van der Waals surface area contributed by atoms with Crippen LogP contribution in [0.5, 0.6) is 0 Å².